The van der Waals surface area contributed by atoms with Crippen LogP contribution in [0.25, 0.3) is 0 Å². The van der Waals surface area contributed by atoms with Gasteiger partial charge in [0.15, 0.2) is 0 Å². The van der Waals surface area contributed by atoms with Crippen molar-refractivity contribution in [3.8, 4) is 11.5 Å². The molecule has 146 valence electrons. The predicted octanol–water partition coefficient (Wildman–Crippen LogP) is 3.21. The van der Waals surface area contributed by atoms with Crippen LogP contribution >= 0.6 is 22.9 Å². The maximum Gasteiger partial charge on any atom is 0.253 e. The average molecular weight is 431 g/mol. The highest BCUT2D eigenvalue weighted by Gasteiger charge is 2.40. The lowest BCUT2D eigenvalue weighted by atomic mass is 10.2. The molecular formula is C17H19ClN2O5S2. The van der Waals surface area contributed by atoms with Crippen molar-refractivity contribution in [3.63, 3.8) is 0 Å². The number of ether oxygens (including phenoxy) is 2. The van der Waals surface area contributed by atoms with Crippen molar-refractivity contribution in [2.75, 3.05) is 26.1 Å². The lowest BCUT2D eigenvalue weighted by Crippen LogP contribution is -2.42. The molecule has 2 aromatic rings. The molecule has 1 atom stereocenters. The highest BCUT2D eigenvalue weighted by Crippen LogP contribution is 2.34. The standard InChI is InChI=1S/C17H19ClN2O5S2/c1-24-11-5-6-12(14(10-11)25-2)19-17(21)13-4-3-9-20(13)27(22,23)16-8-7-15(18)26-16/h5-8,10,13H,3-4,9H2,1-2H3,(H,19,21)/t13-/m1/s1. The first-order valence-electron chi connectivity index (χ1n) is 8.17. The van der Waals surface area contributed by atoms with Gasteiger partial charge in [0.1, 0.15) is 21.8 Å². The zero-order valence-electron chi connectivity index (χ0n) is 14.8. The van der Waals surface area contributed by atoms with Crippen LogP contribution < -0.4 is 14.8 Å². The Morgan fingerprint density at radius 3 is 2.67 bits per heavy atom. The fourth-order valence-corrected chi connectivity index (χ4v) is 6.23. The van der Waals surface area contributed by atoms with E-state index < -0.39 is 22.0 Å². The number of sulfonamides is 1. The van der Waals surface area contributed by atoms with E-state index in [1.54, 1.807) is 18.2 Å². The maximum absolute atomic E-state index is 12.9. The number of rotatable bonds is 6. The molecule has 1 amide bonds. The van der Waals surface area contributed by atoms with E-state index in [2.05, 4.69) is 5.32 Å². The molecule has 1 aromatic carbocycles. The molecule has 0 saturated carbocycles. The van der Waals surface area contributed by atoms with E-state index in [9.17, 15) is 13.2 Å². The minimum Gasteiger partial charge on any atom is -0.497 e. The van der Waals surface area contributed by atoms with Crippen LogP contribution in [0.1, 0.15) is 12.8 Å². The van der Waals surface area contributed by atoms with Gasteiger partial charge >= 0.3 is 0 Å². The first kappa shape index (κ1) is 19.9. The third kappa shape index (κ3) is 4.06. The highest BCUT2D eigenvalue weighted by atomic mass is 35.5. The number of nitrogens with one attached hydrogen (secondary N) is 1. The molecule has 2 heterocycles. The first-order chi connectivity index (χ1) is 12.9. The summed E-state index contributed by atoms with van der Waals surface area (Å²) in [5.74, 6) is 0.617. The van der Waals surface area contributed by atoms with E-state index in [1.165, 1.54) is 30.7 Å². The summed E-state index contributed by atoms with van der Waals surface area (Å²) in [6.07, 6.45) is 1.05. The Hall–Kier alpha value is -1.81. The number of carbonyl (C=O) groups is 1. The smallest absolute Gasteiger partial charge is 0.253 e. The quantitative estimate of drug-likeness (QED) is 0.760. The van der Waals surface area contributed by atoms with Crippen molar-refractivity contribution in [2.45, 2.75) is 23.1 Å². The van der Waals surface area contributed by atoms with Crippen LogP contribution in [0.4, 0.5) is 5.69 Å². The number of benzene rings is 1. The van der Waals surface area contributed by atoms with E-state index in [0.29, 0.717) is 34.4 Å². The molecule has 0 spiro atoms. The Morgan fingerprint density at radius 1 is 1.26 bits per heavy atom. The van der Waals surface area contributed by atoms with Crippen LogP contribution in [0.15, 0.2) is 34.5 Å². The fraction of sp³-hybridized carbons (Fsp3) is 0.353. The monoisotopic (exact) mass is 430 g/mol. The van der Waals surface area contributed by atoms with E-state index in [0.717, 1.165) is 11.3 Å². The molecule has 1 saturated heterocycles. The van der Waals surface area contributed by atoms with Crippen LogP contribution in [0.2, 0.25) is 4.34 Å². The van der Waals surface area contributed by atoms with Gasteiger partial charge < -0.3 is 14.8 Å². The van der Waals surface area contributed by atoms with Gasteiger partial charge in [0.25, 0.3) is 10.0 Å². The van der Waals surface area contributed by atoms with Crippen LogP contribution in [-0.4, -0.2) is 45.4 Å². The van der Waals surface area contributed by atoms with E-state index in [4.69, 9.17) is 21.1 Å². The zero-order valence-corrected chi connectivity index (χ0v) is 17.2. The van der Waals surface area contributed by atoms with Crippen LogP contribution in [0.5, 0.6) is 11.5 Å². The number of hydrogen-bond donors (Lipinski definition) is 1. The summed E-state index contributed by atoms with van der Waals surface area (Å²) in [6, 6.07) is 7.20. The maximum atomic E-state index is 12.9. The second-order valence-electron chi connectivity index (χ2n) is 5.89. The number of halogens is 1. The highest BCUT2D eigenvalue weighted by molar-refractivity contribution is 7.91. The summed E-state index contributed by atoms with van der Waals surface area (Å²) in [4.78, 5) is 12.8. The summed E-state index contributed by atoms with van der Waals surface area (Å²) >= 11 is 6.85. The van der Waals surface area contributed by atoms with Crippen LogP contribution in [0.3, 0.4) is 0 Å². The molecule has 1 aliphatic heterocycles. The van der Waals surface area contributed by atoms with Crippen molar-refractivity contribution >= 4 is 44.6 Å². The van der Waals surface area contributed by atoms with E-state index in [-0.39, 0.29) is 10.8 Å². The summed E-state index contributed by atoms with van der Waals surface area (Å²) in [5, 5.41) is 2.77. The molecule has 7 nitrogen and oxygen atoms in total. The van der Waals surface area contributed by atoms with Gasteiger partial charge in [0.2, 0.25) is 5.91 Å². The molecule has 1 aromatic heterocycles. The van der Waals surface area contributed by atoms with E-state index >= 15 is 0 Å². The molecule has 1 aliphatic rings. The van der Waals surface area contributed by atoms with Crippen molar-refractivity contribution in [1.82, 2.24) is 4.31 Å². The molecule has 0 radical (unpaired) electrons. The topological polar surface area (TPSA) is 84.9 Å². The molecule has 3 rings (SSSR count). The van der Waals surface area contributed by atoms with Gasteiger partial charge in [-0.1, -0.05) is 11.6 Å². The molecule has 27 heavy (non-hydrogen) atoms. The van der Waals surface area contributed by atoms with Gasteiger partial charge in [-0.3, -0.25) is 4.79 Å². The van der Waals surface area contributed by atoms with Gasteiger partial charge in [0, 0.05) is 12.6 Å². The number of anilines is 1. The molecular weight excluding hydrogens is 412 g/mol. The Morgan fingerprint density at radius 2 is 2.04 bits per heavy atom. The van der Waals surface area contributed by atoms with Crippen LogP contribution in [0, 0.1) is 0 Å². The summed E-state index contributed by atoms with van der Waals surface area (Å²) in [6.45, 7) is 0.287. The average Bonchev–Trinajstić information content (AvgIpc) is 3.31. The number of carbonyl (C=O) groups excluding carboxylic acids is 1. The number of hydrogen-bond acceptors (Lipinski definition) is 6. The van der Waals surface area contributed by atoms with Crippen molar-refractivity contribution in [1.29, 1.82) is 0 Å². The number of amides is 1. The lowest BCUT2D eigenvalue weighted by molar-refractivity contribution is -0.119. The van der Waals surface area contributed by atoms with Gasteiger partial charge in [-0.05, 0) is 37.1 Å². The van der Waals surface area contributed by atoms with Crippen molar-refractivity contribution < 1.29 is 22.7 Å². The Bertz CT molecular complexity index is 945. The third-order valence-electron chi connectivity index (χ3n) is 4.28. The van der Waals surface area contributed by atoms with Crippen LogP contribution in [-0.2, 0) is 14.8 Å². The van der Waals surface area contributed by atoms with Gasteiger partial charge in [-0.25, -0.2) is 8.42 Å². The summed E-state index contributed by atoms with van der Waals surface area (Å²) < 4.78 is 37.9. The van der Waals surface area contributed by atoms with Gasteiger partial charge in [0.05, 0.1) is 24.2 Å². The van der Waals surface area contributed by atoms with E-state index in [1.807, 2.05) is 0 Å². The lowest BCUT2D eigenvalue weighted by Gasteiger charge is -2.23. The largest absolute Gasteiger partial charge is 0.497 e. The van der Waals surface area contributed by atoms with Gasteiger partial charge in [-0.2, -0.15) is 4.31 Å². The van der Waals surface area contributed by atoms with Gasteiger partial charge in [-0.15, -0.1) is 11.3 Å². The van der Waals surface area contributed by atoms with Crippen molar-refractivity contribution in [3.05, 3.63) is 34.7 Å². The molecule has 10 heteroatoms. The fourth-order valence-electron chi connectivity index (χ4n) is 2.96. The normalized spacial score (nSPS) is 17.7. The number of nitrogens with zero attached hydrogens (tertiary/aromatic N) is 1. The summed E-state index contributed by atoms with van der Waals surface area (Å²) in [5.41, 5.74) is 0.451. The number of thiophene rings is 1. The second kappa shape index (κ2) is 8.05. The summed E-state index contributed by atoms with van der Waals surface area (Å²) in [7, 11) is -0.759. The Kier molecular flexibility index (Phi) is 5.95. The molecule has 1 fully saturated rings. The number of methoxy groups -OCH3 is 2. The minimum atomic E-state index is -3.78. The SMILES string of the molecule is COc1ccc(NC(=O)[C@H]2CCCN2S(=O)(=O)c2ccc(Cl)s2)c(OC)c1. The molecule has 1 N–H and O–H groups in total. The molecule has 0 aliphatic carbocycles. The molecule has 0 unspecified atom stereocenters. The van der Waals surface area contributed by atoms with Crippen molar-refractivity contribution in [2.24, 2.45) is 0 Å². The minimum absolute atomic E-state index is 0.134. The third-order valence-corrected chi connectivity index (χ3v) is 7.89. The predicted molar refractivity (Wildman–Crippen MR) is 104 cm³/mol. The second-order valence-corrected chi connectivity index (χ2v) is 9.72. The molecule has 0 bridgehead atoms. The Balaban J connectivity index is 1.82. The first-order valence-corrected chi connectivity index (χ1v) is 10.8. The Labute approximate surface area is 166 Å². The zero-order chi connectivity index (χ0) is 19.6.